The predicted octanol–water partition coefficient (Wildman–Crippen LogP) is 2.40. The molecule has 0 saturated heterocycles. The summed E-state index contributed by atoms with van der Waals surface area (Å²) in [7, 11) is 1.57. The van der Waals surface area contributed by atoms with Crippen LogP contribution < -0.4 is 4.90 Å². The summed E-state index contributed by atoms with van der Waals surface area (Å²) in [6.45, 7) is 1.37. The molecule has 1 rings (SSSR count). The molecule has 1 N–H and O–H groups in total. The first kappa shape index (κ1) is 15.3. The predicted molar refractivity (Wildman–Crippen MR) is 72.7 cm³/mol. The van der Waals surface area contributed by atoms with Crippen LogP contribution in [0.4, 0.5) is 5.69 Å². The SMILES string of the molecule is COCCN(CCC#N)c1cccc(Cl)c1C(=O)O. The Morgan fingerprint density at radius 1 is 1.53 bits per heavy atom. The smallest absolute Gasteiger partial charge is 0.339 e. The number of rotatable bonds is 7. The molecule has 0 radical (unpaired) electrons. The molecule has 0 saturated carbocycles. The highest BCUT2D eigenvalue weighted by molar-refractivity contribution is 6.34. The molecule has 0 fully saturated rings. The van der Waals surface area contributed by atoms with E-state index in [1.165, 1.54) is 6.07 Å². The molecule has 1 aromatic carbocycles. The lowest BCUT2D eigenvalue weighted by Gasteiger charge is -2.25. The van der Waals surface area contributed by atoms with Crippen LogP contribution in [0.15, 0.2) is 18.2 Å². The number of benzene rings is 1. The van der Waals surface area contributed by atoms with Crippen molar-refractivity contribution in [1.82, 2.24) is 0 Å². The third-order valence-corrected chi connectivity index (χ3v) is 2.92. The van der Waals surface area contributed by atoms with E-state index < -0.39 is 5.97 Å². The Hall–Kier alpha value is -1.77. The molecule has 0 bridgehead atoms. The lowest BCUT2D eigenvalue weighted by Crippen LogP contribution is -2.29. The molecule has 0 aliphatic heterocycles. The average molecular weight is 283 g/mol. The van der Waals surface area contributed by atoms with Crippen LogP contribution in [0.3, 0.4) is 0 Å². The fourth-order valence-corrected chi connectivity index (χ4v) is 1.98. The molecule has 19 heavy (non-hydrogen) atoms. The van der Waals surface area contributed by atoms with Gasteiger partial charge in [-0.25, -0.2) is 4.79 Å². The van der Waals surface area contributed by atoms with Crippen molar-refractivity contribution in [3.8, 4) is 6.07 Å². The number of halogens is 1. The topological polar surface area (TPSA) is 73.6 Å². The number of carbonyl (C=O) groups is 1. The molecule has 0 unspecified atom stereocenters. The summed E-state index contributed by atoms with van der Waals surface area (Å²) in [6.07, 6.45) is 0.301. The molecule has 5 nitrogen and oxygen atoms in total. The molecule has 0 aromatic heterocycles. The Morgan fingerprint density at radius 2 is 2.26 bits per heavy atom. The molecule has 0 aliphatic rings. The number of nitriles is 1. The number of ether oxygens (including phenoxy) is 1. The highest BCUT2D eigenvalue weighted by Crippen LogP contribution is 2.27. The molecule has 102 valence electrons. The van der Waals surface area contributed by atoms with E-state index in [1.807, 2.05) is 6.07 Å². The normalized spacial score (nSPS) is 9.95. The Balaban J connectivity index is 3.10. The fraction of sp³-hybridized carbons (Fsp3) is 0.385. The van der Waals surface area contributed by atoms with Crippen molar-refractivity contribution in [2.45, 2.75) is 6.42 Å². The molecule has 0 spiro atoms. The maximum atomic E-state index is 11.3. The molecule has 0 aliphatic carbocycles. The number of carboxylic acid groups (broad SMARTS) is 1. The molecular formula is C13H15ClN2O3. The maximum Gasteiger partial charge on any atom is 0.339 e. The lowest BCUT2D eigenvalue weighted by molar-refractivity contribution is 0.0697. The van der Waals surface area contributed by atoms with E-state index in [1.54, 1.807) is 24.1 Å². The minimum atomic E-state index is -1.08. The molecular weight excluding hydrogens is 268 g/mol. The van der Waals surface area contributed by atoms with Crippen molar-refractivity contribution >= 4 is 23.3 Å². The van der Waals surface area contributed by atoms with Gasteiger partial charge >= 0.3 is 5.97 Å². The Morgan fingerprint density at radius 3 is 2.84 bits per heavy atom. The van der Waals surface area contributed by atoms with E-state index in [2.05, 4.69) is 0 Å². The molecule has 1 aromatic rings. The van der Waals surface area contributed by atoms with E-state index in [9.17, 15) is 9.90 Å². The largest absolute Gasteiger partial charge is 0.478 e. The lowest BCUT2D eigenvalue weighted by atomic mass is 10.1. The van der Waals surface area contributed by atoms with E-state index in [0.717, 1.165) is 0 Å². The number of hydrogen-bond donors (Lipinski definition) is 1. The number of hydrogen-bond acceptors (Lipinski definition) is 4. The van der Waals surface area contributed by atoms with Crippen LogP contribution in [0.1, 0.15) is 16.8 Å². The second-order valence-corrected chi connectivity index (χ2v) is 4.23. The van der Waals surface area contributed by atoms with Crippen molar-refractivity contribution < 1.29 is 14.6 Å². The maximum absolute atomic E-state index is 11.3. The first-order valence-electron chi connectivity index (χ1n) is 5.74. The second-order valence-electron chi connectivity index (χ2n) is 3.83. The number of aromatic carboxylic acids is 1. The Labute approximate surface area is 117 Å². The van der Waals surface area contributed by atoms with E-state index in [0.29, 0.717) is 31.8 Å². The van der Waals surface area contributed by atoms with Crippen LogP contribution in [0.2, 0.25) is 5.02 Å². The van der Waals surface area contributed by atoms with Gasteiger partial charge in [0.1, 0.15) is 5.56 Å². The van der Waals surface area contributed by atoms with Crippen molar-refractivity contribution in [3.63, 3.8) is 0 Å². The van der Waals surface area contributed by atoms with Gasteiger partial charge in [-0.2, -0.15) is 5.26 Å². The van der Waals surface area contributed by atoms with Gasteiger partial charge in [-0.15, -0.1) is 0 Å². The van der Waals surface area contributed by atoms with Crippen LogP contribution >= 0.6 is 11.6 Å². The van der Waals surface area contributed by atoms with Crippen molar-refractivity contribution in [2.24, 2.45) is 0 Å². The third-order valence-electron chi connectivity index (χ3n) is 2.61. The third kappa shape index (κ3) is 4.12. The Kier molecular flexibility index (Phi) is 6.13. The Bertz CT molecular complexity index is 485. The minimum Gasteiger partial charge on any atom is -0.478 e. The zero-order chi connectivity index (χ0) is 14.3. The van der Waals surface area contributed by atoms with Crippen LogP contribution in [0, 0.1) is 11.3 Å². The first-order valence-corrected chi connectivity index (χ1v) is 6.12. The van der Waals surface area contributed by atoms with Crippen molar-refractivity contribution in [1.29, 1.82) is 5.26 Å². The van der Waals surface area contributed by atoms with Gasteiger partial charge in [0.25, 0.3) is 0 Å². The van der Waals surface area contributed by atoms with Gasteiger partial charge in [0, 0.05) is 20.2 Å². The quantitative estimate of drug-likeness (QED) is 0.831. The minimum absolute atomic E-state index is 0.0539. The molecule has 0 amide bonds. The molecule has 6 heteroatoms. The van der Waals surface area contributed by atoms with Crippen LogP contribution in [0.25, 0.3) is 0 Å². The monoisotopic (exact) mass is 282 g/mol. The van der Waals surface area contributed by atoms with Crippen molar-refractivity contribution in [3.05, 3.63) is 28.8 Å². The molecule has 0 heterocycles. The standard InChI is InChI=1S/C13H15ClN2O3/c1-19-9-8-16(7-3-6-15)11-5-2-4-10(14)12(11)13(17)18/h2,4-5H,3,7-9H2,1H3,(H,17,18). The van der Waals surface area contributed by atoms with Gasteiger partial charge in [-0.05, 0) is 12.1 Å². The van der Waals surface area contributed by atoms with Gasteiger partial charge < -0.3 is 14.7 Å². The summed E-state index contributed by atoms with van der Waals surface area (Å²) in [5.74, 6) is -1.08. The first-order chi connectivity index (χ1) is 9.11. The van der Waals surface area contributed by atoms with Gasteiger partial charge in [0.15, 0.2) is 0 Å². The van der Waals surface area contributed by atoms with Crippen LogP contribution in [0.5, 0.6) is 0 Å². The van der Waals surface area contributed by atoms with Crippen LogP contribution in [-0.2, 0) is 4.74 Å². The van der Waals surface area contributed by atoms with E-state index >= 15 is 0 Å². The summed E-state index contributed by atoms with van der Waals surface area (Å²) in [4.78, 5) is 13.1. The van der Waals surface area contributed by atoms with Crippen molar-refractivity contribution in [2.75, 3.05) is 31.7 Å². The van der Waals surface area contributed by atoms with E-state index in [-0.39, 0.29) is 10.6 Å². The van der Waals surface area contributed by atoms with Gasteiger partial charge in [0.2, 0.25) is 0 Å². The van der Waals surface area contributed by atoms with E-state index in [4.69, 9.17) is 21.6 Å². The van der Waals surface area contributed by atoms with Gasteiger partial charge in [0.05, 0.1) is 29.8 Å². The summed E-state index contributed by atoms with van der Waals surface area (Å²) < 4.78 is 5.00. The number of carboxylic acids is 1. The summed E-state index contributed by atoms with van der Waals surface area (Å²) in [5.41, 5.74) is 0.561. The highest BCUT2D eigenvalue weighted by Gasteiger charge is 2.18. The average Bonchev–Trinajstić information content (AvgIpc) is 2.38. The molecule has 0 atom stereocenters. The number of nitrogens with zero attached hydrogens (tertiary/aromatic N) is 2. The van der Waals surface area contributed by atoms with Gasteiger partial charge in [-0.1, -0.05) is 17.7 Å². The summed E-state index contributed by atoms with van der Waals surface area (Å²) >= 11 is 5.93. The fourth-order valence-electron chi connectivity index (χ4n) is 1.73. The second kappa shape index (κ2) is 7.62. The van der Waals surface area contributed by atoms with Gasteiger partial charge in [-0.3, -0.25) is 0 Å². The highest BCUT2D eigenvalue weighted by atomic mass is 35.5. The zero-order valence-electron chi connectivity index (χ0n) is 10.6. The number of anilines is 1. The number of methoxy groups -OCH3 is 1. The van der Waals surface area contributed by atoms with Crippen LogP contribution in [-0.4, -0.2) is 37.9 Å². The zero-order valence-corrected chi connectivity index (χ0v) is 11.4. The summed E-state index contributed by atoms with van der Waals surface area (Å²) in [5, 5.41) is 18.1. The summed E-state index contributed by atoms with van der Waals surface area (Å²) in [6, 6.07) is 6.95.